The second kappa shape index (κ2) is 7.43. The molecule has 0 saturated carbocycles. The second-order valence-electron chi connectivity index (χ2n) is 6.15. The molecule has 0 bridgehead atoms. The van der Waals surface area contributed by atoms with Crippen LogP contribution >= 0.6 is 0 Å². The Balaban J connectivity index is 1.77. The number of aromatic nitrogens is 1. The summed E-state index contributed by atoms with van der Waals surface area (Å²) in [5, 5.41) is 2.78. The minimum absolute atomic E-state index is 0.131. The van der Waals surface area contributed by atoms with Gasteiger partial charge in [-0.25, -0.2) is 4.98 Å². The van der Waals surface area contributed by atoms with Crippen molar-refractivity contribution in [1.82, 2.24) is 4.98 Å². The van der Waals surface area contributed by atoms with E-state index in [-0.39, 0.29) is 24.8 Å². The van der Waals surface area contributed by atoms with Crippen molar-refractivity contribution in [1.29, 1.82) is 0 Å². The van der Waals surface area contributed by atoms with Gasteiger partial charge in [0.25, 0.3) is 0 Å². The smallest absolute Gasteiger partial charge is 0.230 e. The van der Waals surface area contributed by atoms with Gasteiger partial charge in [-0.2, -0.15) is 0 Å². The Labute approximate surface area is 151 Å². The zero-order valence-electron chi connectivity index (χ0n) is 15.0. The van der Waals surface area contributed by atoms with Crippen LogP contribution in [0.5, 0.6) is 11.5 Å². The molecule has 7 nitrogen and oxygen atoms in total. The highest BCUT2D eigenvalue weighted by Gasteiger charge is 2.36. The van der Waals surface area contributed by atoms with Crippen LogP contribution in [0.3, 0.4) is 0 Å². The first-order chi connectivity index (χ1) is 12.5. The number of rotatable bonds is 5. The van der Waals surface area contributed by atoms with Gasteiger partial charge in [0.05, 0.1) is 25.8 Å². The fraction of sp³-hybridized carbons (Fsp3) is 0.316. The number of hydrogen-bond donors (Lipinski definition) is 1. The maximum Gasteiger partial charge on any atom is 0.230 e. The topological polar surface area (TPSA) is 80.8 Å². The zero-order chi connectivity index (χ0) is 18.7. The van der Waals surface area contributed by atoms with Crippen LogP contribution in [0.2, 0.25) is 0 Å². The van der Waals surface area contributed by atoms with E-state index >= 15 is 0 Å². The van der Waals surface area contributed by atoms with E-state index in [2.05, 4.69) is 10.3 Å². The van der Waals surface area contributed by atoms with Crippen molar-refractivity contribution in [3.63, 3.8) is 0 Å². The van der Waals surface area contributed by atoms with E-state index in [0.717, 1.165) is 5.56 Å². The van der Waals surface area contributed by atoms with Crippen molar-refractivity contribution in [3.05, 3.63) is 42.1 Å². The molecule has 2 aromatic rings. The number of hydrogen-bond acceptors (Lipinski definition) is 5. The molecule has 7 heteroatoms. The van der Waals surface area contributed by atoms with Crippen molar-refractivity contribution in [2.24, 2.45) is 5.92 Å². The predicted octanol–water partition coefficient (Wildman–Crippen LogP) is 2.40. The van der Waals surface area contributed by atoms with Crippen molar-refractivity contribution >= 4 is 23.3 Å². The van der Waals surface area contributed by atoms with Crippen LogP contribution in [-0.4, -0.2) is 37.6 Å². The van der Waals surface area contributed by atoms with Gasteiger partial charge < -0.3 is 19.7 Å². The average Bonchev–Trinajstić information content (AvgIpc) is 3.03. The number of nitrogens with one attached hydrogen (secondary N) is 1. The molecule has 0 radical (unpaired) electrons. The number of amides is 2. The Hall–Kier alpha value is -3.09. The number of ether oxygens (including phenoxy) is 2. The summed E-state index contributed by atoms with van der Waals surface area (Å²) in [7, 11) is 3.10. The lowest BCUT2D eigenvalue weighted by Gasteiger charge is -2.20. The number of anilines is 2. The predicted molar refractivity (Wildman–Crippen MR) is 97.6 cm³/mol. The van der Waals surface area contributed by atoms with E-state index < -0.39 is 5.92 Å². The fourth-order valence-corrected chi connectivity index (χ4v) is 2.96. The number of carbonyl (C=O) groups excluding carboxylic acids is 2. The summed E-state index contributed by atoms with van der Waals surface area (Å²) < 4.78 is 10.6. The second-order valence-corrected chi connectivity index (χ2v) is 6.15. The van der Waals surface area contributed by atoms with Crippen LogP contribution in [0.4, 0.5) is 11.5 Å². The molecule has 0 unspecified atom stereocenters. The van der Waals surface area contributed by atoms with Crippen molar-refractivity contribution in [3.8, 4) is 11.5 Å². The number of pyridine rings is 1. The highest BCUT2D eigenvalue weighted by Crippen LogP contribution is 2.36. The summed E-state index contributed by atoms with van der Waals surface area (Å²) in [4.78, 5) is 30.7. The third-order valence-electron chi connectivity index (χ3n) is 4.34. The van der Waals surface area contributed by atoms with Gasteiger partial charge in [-0.3, -0.25) is 9.59 Å². The Kier molecular flexibility index (Phi) is 5.06. The van der Waals surface area contributed by atoms with E-state index in [1.165, 1.54) is 0 Å². The summed E-state index contributed by atoms with van der Waals surface area (Å²) in [5.41, 5.74) is 1.60. The molecule has 1 atom stereocenters. The molecule has 1 aliphatic rings. The van der Waals surface area contributed by atoms with Crippen LogP contribution in [0, 0.1) is 12.8 Å². The lowest BCUT2D eigenvalue weighted by molar-refractivity contribution is -0.122. The van der Waals surface area contributed by atoms with Gasteiger partial charge in [-0.15, -0.1) is 0 Å². The first-order valence-electron chi connectivity index (χ1n) is 8.27. The van der Waals surface area contributed by atoms with Crippen LogP contribution in [0.1, 0.15) is 12.0 Å². The molecule has 0 aliphatic carbocycles. The average molecular weight is 355 g/mol. The molecule has 1 aromatic heterocycles. The molecule has 2 heterocycles. The van der Waals surface area contributed by atoms with Gasteiger partial charge in [0.2, 0.25) is 11.8 Å². The highest BCUT2D eigenvalue weighted by molar-refractivity contribution is 6.04. The number of nitrogens with zero attached hydrogens (tertiary/aromatic N) is 2. The third-order valence-corrected chi connectivity index (χ3v) is 4.34. The minimum Gasteiger partial charge on any atom is -0.497 e. The first-order valence-corrected chi connectivity index (χ1v) is 8.27. The van der Waals surface area contributed by atoms with E-state index in [1.807, 2.05) is 13.0 Å². The molecule has 0 spiro atoms. The molecule has 1 saturated heterocycles. The molecule has 1 fully saturated rings. The van der Waals surface area contributed by atoms with E-state index in [0.29, 0.717) is 23.0 Å². The first kappa shape index (κ1) is 17.7. The Morgan fingerprint density at radius 3 is 2.73 bits per heavy atom. The van der Waals surface area contributed by atoms with Gasteiger partial charge in [-0.1, -0.05) is 0 Å². The summed E-state index contributed by atoms with van der Waals surface area (Å²) in [5.74, 6) is 0.848. The summed E-state index contributed by atoms with van der Waals surface area (Å²) >= 11 is 0. The fourth-order valence-electron chi connectivity index (χ4n) is 2.96. The molecule has 1 N–H and O–H groups in total. The Morgan fingerprint density at radius 2 is 2.04 bits per heavy atom. The molecular formula is C19H21N3O4. The molecule has 2 amide bonds. The van der Waals surface area contributed by atoms with Crippen LogP contribution in [0.25, 0.3) is 0 Å². The summed E-state index contributed by atoms with van der Waals surface area (Å²) in [6.07, 6.45) is 1.77. The van der Waals surface area contributed by atoms with E-state index in [9.17, 15) is 9.59 Å². The molecule has 26 heavy (non-hydrogen) atoms. The molecule has 1 aromatic carbocycles. The molecule has 136 valence electrons. The van der Waals surface area contributed by atoms with E-state index in [1.54, 1.807) is 49.6 Å². The largest absolute Gasteiger partial charge is 0.497 e. The molecule has 1 aliphatic heterocycles. The number of methoxy groups -OCH3 is 2. The van der Waals surface area contributed by atoms with Gasteiger partial charge in [0, 0.05) is 25.2 Å². The van der Waals surface area contributed by atoms with Crippen LogP contribution in [0.15, 0.2) is 36.5 Å². The van der Waals surface area contributed by atoms with Crippen molar-refractivity contribution in [2.75, 3.05) is 31.0 Å². The maximum absolute atomic E-state index is 12.5. The Morgan fingerprint density at radius 1 is 1.23 bits per heavy atom. The zero-order valence-corrected chi connectivity index (χ0v) is 15.0. The quantitative estimate of drug-likeness (QED) is 0.891. The van der Waals surface area contributed by atoms with Gasteiger partial charge >= 0.3 is 0 Å². The standard InChI is InChI=1S/C19H21N3O4/c1-12-6-7-20-17(8-12)21-19(24)13-9-18(23)22(11-13)15-10-14(25-2)4-5-16(15)26-3/h4-8,10,13H,9,11H2,1-3H3,(H,20,21,24)/t13-/m1/s1. The van der Waals surface area contributed by atoms with Crippen molar-refractivity contribution in [2.45, 2.75) is 13.3 Å². The van der Waals surface area contributed by atoms with Crippen molar-refractivity contribution < 1.29 is 19.1 Å². The Bertz CT molecular complexity index is 837. The van der Waals surface area contributed by atoms with Crippen LogP contribution < -0.4 is 19.7 Å². The maximum atomic E-state index is 12.5. The number of aryl methyl sites for hydroxylation is 1. The monoisotopic (exact) mass is 355 g/mol. The van der Waals surface area contributed by atoms with Gasteiger partial charge in [0.15, 0.2) is 0 Å². The molecular weight excluding hydrogens is 334 g/mol. The number of carbonyl (C=O) groups is 2. The lowest BCUT2D eigenvalue weighted by atomic mass is 10.1. The number of benzene rings is 1. The molecule has 3 rings (SSSR count). The minimum atomic E-state index is -0.458. The summed E-state index contributed by atoms with van der Waals surface area (Å²) in [6, 6.07) is 8.88. The van der Waals surface area contributed by atoms with E-state index in [4.69, 9.17) is 9.47 Å². The lowest BCUT2D eigenvalue weighted by Crippen LogP contribution is -2.28. The van der Waals surface area contributed by atoms with Gasteiger partial charge in [0.1, 0.15) is 17.3 Å². The summed E-state index contributed by atoms with van der Waals surface area (Å²) in [6.45, 7) is 2.20. The SMILES string of the molecule is COc1ccc(OC)c(N2C[C@H](C(=O)Nc3cc(C)ccn3)CC2=O)c1. The van der Waals surface area contributed by atoms with Gasteiger partial charge in [-0.05, 0) is 36.8 Å². The highest BCUT2D eigenvalue weighted by atomic mass is 16.5. The van der Waals surface area contributed by atoms with Crippen LogP contribution in [-0.2, 0) is 9.59 Å². The third kappa shape index (κ3) is 3.61. The normalized spacial score (nSPS) is 16.5.